The first kappa shape index (κ1) is 56.1. The first-order chi connectivity index (χ1) is 33.5. The van der Waals surface area contributed by atoms with Crippen molar-refractivity contribution in [3.05, 3.63) is 126 Å². The first-order valence-electron chi connectivity index (χ1n) is 23.3. The van der Waals surface area contributed by atoms with E-state index in [1.807, 2.05) is 50.5 Å². The number of amides is 1. The van der Waals surface area contributed by atoms with Gasteiger partial charge < -0.3 is 34.1 Å². The summed E-state index contributed by atoms with van der Waals surface area (Å²) in [5.74, 6) is -0.313. The average molecular weight is 1090 g/mol. The van der Waals surface area contributed by atoms with Crippen molar-refractivity contribution in [2.24, 2.45) is 0 Å². The molecule has 14 nitrogen and oxygen atoms in total. The second-order valence-corrected chi connectivity index (χ2v) is 23.1. The van der Waals surface area contributed by atoms with Gasteiger partial charge in [-0.25, -0.2) is 21.6 Å². The van der Waals surface area contributed by atoms with Gasteiger partial charge in [0.25, 0.3) is 0 Å². The number of likely N-dealkylation sites (N-methyl/N-ethyl adjacent to an activating group) is 2. The molecule has 2 atom stereocenters. The minimum Gasteiger partial charge on any atom is -0.379 e. The molecule has 0 radical (unpaired) electrons. The van der Waals surface area contributed by atoms with Crippen LogP contribution >= 0.6 is 46.4 Å². The maximum Gasteiger partial charge on any atom is 0.240 e. The molecule has 1 amide bonds. The SMILES string of the molecule is CN1Cc2c(Cl)cc(Cl)cc2[C@H](c2ccc(S(=O)(=O)CCCOCCOCCNC(=O)CCC(=O)CCCOCCOCCNS(=O)(=O)c3ccc([C@@H]4CN(C)Cc5c(Cl)cc(Cl)cc54)cc3)cc2)C1. The Morgan fingerprint density at radius 3 is 1.59 bits per heavy atom. The van der Waals surface area contributed by atoms with Crippen molar-refractivity contribution in [1.82, 2.24) is 19.8 Å². The number of sulfone groups is 1. The van der Waals surface area contributed by atoms with Crippen LogP contribution in [0.2, 0.25) is 20.1 Å². The number of rotatable bonds is 28. The number of nitrogens with one attached hydrogen (secondary N) is 2. The zero-order valence-electron chi connectivity index (χ0n) is 39.5. The molecule has 382 valence electrons. The Balaban J connectivity index is 0.727. The van der Waals surface area contributed by atoms with Gasteiger partial charge in [-0.15, -0.1) is 0 Å². The molecule has 0 spiro atoms. The van der Waals surface area contributed by atoms with E-state index in [2.05, 4.69) is 19.8 Å². The summed E-state index contributed by atoms with van der Waals surface area (Å²) < 4.78 is 76.6. The Hall–Kier alpha value is -3.20. The van der Waals surface area contributed by atoms with Crippen molar-refractivity contribution in [2.75, 3.05) is 98.9 Å². The van der Waals surface area contributed by atoms with Gasteiger partial charge in [0.2, 0.25) is 15.9 Å². The molecule has 0 aliphatic carbocycles. The molecule has 2 aliphatic rings. The molecule has 20 heteroatoms. The smallest absolute Gasteiger partial charge is 0.240 e. The molecule has 2 aliphatic heterocycles. The van der Waals surface area contributed by atoms with Crippen LogP contribution in [0.3, 0.4) is 0 Å². The summed E-state index contributed by atoms with van der Waals surface area (Å²) in [5, 5.41) is 5.13. The van der Waals surface area contributed by atoms with Crippen LogP contribution in [0.5, 0.6) is 0 Å². The van der Waals surface area contributed by atoms with Gasteiger partial charge in [-0.05, 0) is 109 Å². The Labute approximate surface area is 432 Å². The molecule has 0 fully saturated rings. The van der Waals surface area contributed by atoms with Gasteiger partial charge in [-0.2, -0.15) is 0 Å². The van der Waals surface area contributed by atoms with Crippen LogP contribution in [-0.2, 0) is 61.5 Å². The van der Waals surface area contributed by atoms with Crippen molar-refractivity contribution < 1.29 is 45.4 Å². The number of hydrogen-bond acceptors (Lipinski definition) is 12. The minimum absolute atomic E-state index is 0.000453. The summed E-state index contributed by atoms with van der Waals surface area (Å²) in [7, 11) is -3.19. The molecule has 0 saturated heterocycles. The van der Waals surface area contributed by atoms with E-state index in [1.165, 1.54) is 0 Å². The number of halogens is 4. The van der Waals surface area contributed by atoms with Crippen molar-refractivity contribution in [3.8, 4) is 0 Å². The number of nitrogens with zero attached hydrogens (tertiary/aromatic N) is 2. The standard InChI is InChI=1S/C50H62Cl4N4O10S2/c1-57-31-44(42-27-37(51)29-48(53)46(42)33-57)35-6-11-40(12-7-35)69(61,62)26-4-19-66-23-24-67-20-16-55-50(60)15-10-39(59)5-3-18-65-22-25-68-21-17-56-70(63,64)41-13-8-36(9-14-41)45-32-58(2)34-47-43(45)28-38(52)30-49(47)54/h6-9,11-14,27-30,44-45,56H,3-5,10,15-26,31-34H2,1-2H3,(H,55,60)/t44-,45-/m0/s1. The van der Waals surface area contributed by atoms with E-state index in [0.29, 0.717) is 52.7 Å². The first-order valence-corrected chi connectivity index (χ1v) is 28.0. The van der Waals surface area contributed by atoms with E-state index in [4.69, 9.17) is 65.4 Å². The maximum absolute atomic E-state index is 13.0. The molecular weight excluding hydrogens is 1020 g/mol. The third-order valence-electron chi connectivity index (χ3n) is 12.1. The van der Waals surface area contributed by atoms with E-state index in [0.717, 1.165) is 53.0 Å². The van der Waals surface area contributed by atoms with Gasteiger partial charge in [0.05, 0.1) is 55.2 Å². The lowest BCUT2D eigenvalue weighted by atomic mass is 9.85. The van der Waals surface area contributed by atoms with E-state index in [9.17, 15) is 26.4 Å². The highest BCUT2D eigenvalue weighted by molar-refractivity contribution is 7.91. The van der Waals surface area contributed by atoms with E-state index >= 15 is 0 Å². The number of Topliss-reactive ketones (excluding diaryl/α,β-unsaturated/α-hetero) is 1. The van der Waals surface area contributed by atoms with Crippen LogP contribution in [-0.4, -0.2) is 137 Å². The number of benzene rings is 4. The number of carbonyl (C=O) groups excluding carboxylic acids is 2. The molecular formula is C50H62Cl4N4O10S2. The Bertz CT molecular complexity index is 2430. The van der Waals surface area contributed by atoms with Crippen LogP contribution in [0.25, 0.3) is 0 Å². The molecule has 4 aromatic rings. The summed E-state index contributed by atoms with van der Waals surface area (Å²) in [5.41, 5.74) is 6.13. The monoisotopic (exact) mass is 1080 g/mol. The molecule has 0 aromatic heterocycles. The third kappa shape index (κ3) is 16.7. The van der Waals surface area contributed by atoms with Crippen molar-refractivity contribution >= 4 is 78.0 Å². The number of sulfonamides is 1. The predicted molar refractivity (Wildman–Crippen MR) is 274 cm³/mol. The highest BCUT2D eigenvalue weighted by atomic mass is 35.5. The van der Waals surface area contributed by atoms with Crippen LogP contribution < -0.4 is 10.0 Å². The molecule has 2 N–H and O–H groups in total. The van der Waals surface area contributed by atoms with Gasteiger partial charge in [-0.3, -0.25) is 9.59 Å². The lowest BCUT2D eigenvalue weighted by molar-refractivity contribution is -0.125. The van der Waals surface area contributed by atoms with E-state index in [1.54, 1.807) is 36.4 Å². The zero-order chi connectivity index (χ0) is 50.3. The minimum atomic E-state index is -3.74. The largest absolute Gasteiger partial charge is 0.379 e. The van der Waals surface area contributed by atoms with Crippen LogP contribution in [0.4, 0.5) is 0 Å². The predicted octanol–water partition coefficient (Wildman–Crippen LogP) is 7.91. The topological polar surface area (TPSA) is 170 Å². The Morgan fingerprint density at radius 1 is 0.586 bits per heavy atom. The summed E-state index contributed by atoms with van der Waals surface area (Å²) in [6.07, 6.45) is 1.33. The van der Waals surface area contributed by atoms with Crippen molar-refractivity contribution in [3.63, 3.8) is 0 Å². The number of ketones is 1. The number of fused-ring (bicyclic) bond motifs is 2. The molecule has 2 heterocycles. The van der Waals surface area contributed by atoms with Crippen LogP contribution in [0.1, 0.15) is 77.3 Å². The van der Waals surface area contributed by atoms with E-state index < -0.39 is 19.9 Å². The molecule has 0 bridgehead atoms. The molecule has 0 unspecified atom stereocenters. The average Bonchev–Trinajstić information content (AvgIpc) is 3.32. The fourth-order valence-electron chi connectivity index (χ4n) is 8.59. The fraction of sp³-hybridized carbons (Fsp3) is 0.480. The third-order valence-corrected chi connectivity index (χ3v) is 16.6. The lowest BCUT2D eigenvalue weighted by Crippen LogP contribution is -2.31. The second kappa shape index (κ2) is 27.2. The van der Waals surface area contributed by atoms with Crippen LogP contribution in [0.15, 0.2) is 82.6 Å². The normalized spacial score (nSPS) is 16.5. The molecule has 4 aromatic carbocycles. The van der Waals surface area contributed by atoms with Gasteiger partial charge in [0.15, 0.2) is 9.84 Å². The van der Waals surface area contributed by atoms with Gasteiger partial charge in [0.1, 0.15) is 5.78 Å². The molecule has 0 saturated carbocycles. The quantitative estimate of drug-likeness (QED) is 0.0528. The van der Waals surface area contributed by atoms with Gasteiger partial charge >= 0.3 is 0 Å². The summed E-state index contributed by atoms with van der Waals surface area (Å²) in [6.45, 7) is 5.48. The number of carbonyl (C=O) groups is 2. The highest BCUT2D eigenvalue weighted by Gasteiger charge is 2.29. The lowest BCUT2D eigenvalue weighted by Gasteiger charge is -2.33. The Kier molecular flexibility index (Phi) is 21.8. The zero-order valence-corrected chi connectivity index (χ0v) is 44.2. The maximum atomic E-state index is 13.0. The summed E-state index contributed by atoms with van der Waals surface area (Å²) in [6, 6.07) is 21.3. The molecule has 70 heavy (non-hydrogen) atoms. The Morgan fingerprint density at radius 2 is 1.06 bits per heavy atom. The number of hydrogen-bond donors (Lipinski definition) is 2. The summed E-state index contributed by atoms with van der Waals surface area (Å²) >= 11 is 25.6. The number of ether oxygens (including phenoxy) is 4. The van der Waals surface area contributed by atoms with Crippen molar-refractivity contribution in [2.45, 2.75) is 66.8 Å². The van der Waals surface area contributed by atoms with Crippen LogP contribution in [0, 0.1) is 0 Å². The second-order valence-electron chi connectivity index (χ2n) is 17.6. The summed E-state index contributed by atoms with van der Waals surface area (Å²) in [4.78, 5) is 29.3. The highest BCUT2D eigenvalue weighted by Crippen LogP contribution is 2.40. The van der Waals surface area contributed by atoms with Gasteiger partial charge in [0, 0.05) is 104 Å². The van der Waals surface area contributed by atoms with Crippen molar-refractivity contribution in [1.29, 1.82) is 0 Å². The van der Waals surface area contributed by atoms with Gasteiger partial charge in [-0.1, -0.05) is 70.7 Å². The fourth-order valence-corrected chi connectivity index (χ4v) is 12.0. The van der Waals surface area contributed by atoms with E-state index in [-0.39, 0.29) is 111 Å². The molecule has 6 rings (SSSR count).